The Balaban J connectivity index is 2.59. The predicted molar refractivity (Wildman–Crippen MR) is 69.8 cm³/mol. The molecule has 0 saturated heterocycles. The predicted octanol–water partition coefficient (Wildman–Crippen LogP) is 2.59. The molecule has 5 heteroatoms. The molecule has 2 unspecified atom stereocenters. The van der Waals surface area contributed by atoms with Gasteiger partial charge in [-0.05, 0) is 25.8 Å². The fraction of sp³-hybridized carbons (Fsp3) is 0.333. The largest absolute Gasteiger partial charge is 0.481 e. The molecule has 0 spiro atoms. The number of carboxylic acids is 2. The number of benzene rings is 1. The summed E-state index contributed by atoms with van der Waals surface area (Å²) in [6, 6.07) is 5.63. The summed E-state index contributed by atoms with van der Waals surface area (Å²) < 4.78 is 14.0. The highest BCUT2D eigenvalue weighted by molar-refractivity contribution is 5.85. The van der Waals surface area contributed by atoms with Crippen LogP contribution in [0, 0.1) is 11.2 Å². The highest BCUT2D eigenvalue weighted by Crippen LogP contribution is 2.45. The molecule has 1 aromatic carbocycles. The third-order valence-corrected chi connectivity index (χ3v) is 3.91. The van der Waals surface area contributed by atoms with Gasteiger partial charge in [-0.15, -0.1) is 0 Å². The summed E-state index contributed by atoms with van der Waals surface area (Å²) in [6.07, 6.45) is 2.89. The van der Waals surface area contributed by atoms with Crippen molar-refractivity contribution in [3.05, 3.63) is 47.8 Å². The minimum absolute atomic E-state index is 0.0318. The van der Waals surface area contributed by atoms with E-state index in [0.29, 0.717) is 0 Å². The van der Waals surface area contributed by atoms with Crippen LogP contribution in [0.4, 0.5) is 4.39 Å². The summed E-state index contributed by atoms with van der Waals surface area (Å²) in [6.45, 7) is 1.45. The van der Waals surface area contributed by atoms with Gasteiger partial charge in [0.1, 0.15) is 11.2 Å². The molecule has 1 aliphatic rings. The number of aliphatic carboxylic acids is 2. The molecule has 2 rings (SSSR count). The van der Waals surface area contributed by atoms with E-state index in [1.807, 2.05) is 0 Å². The highest BCUT2D eigenvalue weighted by atomic mass is 19.1. The molecular formula is C15H15FO4. The second-order valence-electron chi connectivity index (χ2n) is 5.37. The molecule has 4 nitrogen and oxygen atoms in total. The van der Waals surface area contributed by atoms with Crippen LogP contribution in [0.1, 0.15) is 25.3 Å². The summed E-state index contributed by atoms with van der Waals surface area (Å²) in [5.41, 5.74) is -2.84. The number of hydrogen-bond donors (Lipinski definition) is 2. The van der Waals surface area contributed by atoms with Gasteiger partial charge in [-0.2, -0.15) is 0 Å². The van der Waals surface area contributed by atoms with Crippen LogP contribution in [-0.4, -0.2) is 22.2 Å². The number of carboxylic acid groups (broad SMARTS) is 2. The molecule has 0 saturated carbocycles. The number of rotatable bonds is 3. The second kappa shape index (κ2) is 4.74. The molecule has 1 aliphatic carbocycles. The van der Waals surface area contributed by atoms with E-state index in [9.17, 15) is 24.2 Å². The number of carbonyl (C=O) groups is 2. The van der Waals surface area contributed by atoms with Gasteiger partial charge in [-0.3, -0.25) is 9.59 Å². The summed E-state index contributed by atoms with van der Waals surface area (Å²) in [7, 11) is 0. The Morgan fingerprint density at radius 1 is 1.20 bits per heavy atom. The van der Waals surface area contributed by atoms with Crippen LogP contribution in [0.3, 0.4) is 0 Å². The molecule has 2 N–H and O–H groups in total. The zero-order valence-corrected chi connectivity index (χ0v) is 11.0. The summed E-state index contributed by atoms with van der Waals surface area (Å²) in [4.78, 5) is 23.1. The smallest absolute Gasteiger partial charge is 0.314 e. The van der Waals surface area contributed by atoms with E-state index in [1.165, 1.54) is 37.3 Å². The van der Waals surface area contributed by atoms with Crippen molar-refractivity contribution in [2.24, 2.45) is 5.41 Å². The normalized spacial score (nSPS) is 29.1. The van der Waals surface area contributed by atoms with Crippen LogP contribution in [0.5, 0.6) is 0 Å². The lowest BCUT2D eigenvalue weighted by molar-refractivity contribution is -0.151. The fourth-order valence-corrected chi connectivity index (χ4v) is 2.76. The lowest BCUT2D eigenvalue weighted by Gasteiger charge is -2.38. The zero-order valence-electron chi connectivity index (χ0n) is 11.0. The van der Waals surface area contributed by atoms with E-state index in [4.69, 9.17) is 0 Å². The average Bonchev–Trinajstić information content (AvgIpc) is 2.38. The lowest BCUT2D eigenvalue weighted by Crippen LogP contribution is -2.45. The zero-order chi connectivity index (χ0) is 15.0. The first-order chi connectivity index (χ1) is 9.32. The first kappa shape index (κ1) is 14.2. The van der Waals surface area contributed by atoms with Gasteiger partial charge in [0.15, 0.2) is 0 Å². The van der Waals surface area contributed by atoms with Crippen molar-refractivity contribution >= 4 is 11.9 Å². The minimum Gasteiger partial charge on any atom is -0.481 e. The van der Waals surface area contributed by atoms with Gasteiger partial charge in [0.05, 0.1) is 5.41 Å². The SMILES string of the molecule is CC1(C(=O)O)C=CCC(C(=O)O)(c2ccccc2F)C1. The molecule has 0 aliphatic heterocycles. The third kappa shape index (κ3) is 2.09. The van der Waals surface area contributed by atoms with Crippen molar-refractivity contribution < 1.29 is 24.2 Å². The number of hydrogen-bond acceptors (Lipinski definition) is 2. The molecule has 0 bridgehead atoms. The molecule has 106 valence electrons. The maximum Gasteiger partial charge on any atom is 0.314 e. The minimum atomic E-state index is -1.55. The summed E-state index contributed by atoms with van der Waals surface area (Å²) >= 11 is 0. The van der Waals surface area contributed by atoms with Gasteiger partial charge >= 0.3 is 11.9 Å². The van der Waals surface area contributed by atoms with Crippen molar-refractivity contribution in [1.82, 2.24) is 0 Å². The van der Waals surface area contributed by atoms with Gasteiger partial charge in [0.25, 0.3) is 0 Å². The summed E-state index contributed by atoms with van der Waals surface area (Å²) in [5.74, 6) is -2.95. The van der Waals surface area contributed by atoms with Gasteiger partial charge in [0.2, 0.25) is 0 Å². The van der Waals surface area contributed by atoms with Gasteiger partial charge in [0, 0.05) is 5.56 Å². The highest BCUT2D eigenvalue weighted by Gasteiger charge is 2.50. The van der Waals surface area contributed by atoms with Crippen molar-refractivity contribution in [1.29, 1.82) is 0 Å². The van der Waals surface area contributed by atoms with Gasteiger partial charge < -0.3 is 10.2 Å². The second-order valence-corrected chi connectivity index (χ2v) is 5.37. The molecule has 0 radical (unpaired) electrons. The van der Waals surface area contributed by atoms with Crippen LogP contribution < -0.4 is 0 Å². The molecule has 1 aromatic rings. The van der Waals surface area contributed by atoms with Crippen molar-refractivity contribution in [3.63, 3.8) is 0 Å². The van der Waals surface area contributed by atoms with Crippen molar-refractivity contribution in [3.8, 4) is 0 Å². The molecule has 0 aromatic heterocycles. The van der Waals surface area contributed by atoms with Crippen LogP contribution in [0.25, 0.3) is 0 Å². The molecular weight excluding hydrogens is 263 g/mol. The molecule has 20 heavy (non-hydrogen) atoms. The topological polar surface area (TPSA) is 74.6 Å². The van der Waals surface area contributed by atoms with Crippen molar-refractivity contribution in [2.75, 3.05) is 0 Å². The Hall–Kier alpha value is -2.17. The van der Waals surface area contributed by atoms with Crippen molar-refractivity contribution in [2.45, 2.75) is 25.2 Å². The van der Waals surface area contributed by atoms with Crippen LogP contribution >= 0.6 is 0 Å². The van der Waals surface area contributed by atoms with Gasteiger partial charge in [-0.25, -0.2) is 4.39 Å². The first-order valence-corrected chi connectivity index (χ1v) is 6.21. The monoisotopic (exact) mass is 278 g/mol. The standard InChI is InChI=1S/C15H15FO4/c1-14(12(17)18)7-4-8-15(9-14,13(19)20)10-5-2-3-6-11(10)16/h2-7H,8-9H2,1H3,(H,17,18)(H,19,20). The lowest BCUT2D eigenvalue weighted by atomic mass is 9.63. The van der Waals surface area contributed by atoms with E-state index >= 15 is 0 Å². The van der Waals surface area contributed by atoms with Crippen LogP contribution in [0.2, 0.25) is 0 Å². The maximum atomic E-state index is 14.0. The number of allylic oxidation sites excluding steroid dienone is 1. The van der Waals surface area contributed by atoms with E-state index in [0.717, 1.165) is 0 Å². The van der Waals surface area contributed by atoms with E-state index in [2.05, 4.69) is 0 Å². The maximum absolute atomic E-state index is 14.0. The Labute approximate surface area is 115 Å². The molecule has 0 heterocycles. The Bertz CT molecular complexity index is 595. The van der Waals surface area contributed by atoms with E-state index < -0.39 is 28.6 Å². The fourth-order valence-electron chi connectivity index (χ4n) is 2.76. The average molecular weight is 278 g/mol. The van der Waals surface area contributed by atoms with Gasteiger partial charge in [-0.1, -0.05) is 30.4 Å². The van der Waals surface area contributed by atoms with Crippen LogP contribution in [-0.2, 0) is 15.0 Å². The molecule has 2 atom stereocenters. The third-order valence-electron chi connectivity index (χ3n) is 3.91. The Morgan fingerprint density at radius 3 is 2.40 bits per heavy atom. The Morgan fingerprint density at radius 2 is 1.85 bits per heavy atom. The van der Waals surface area contributed by atoms with Crippen LogP contribution in [0.15, 0.2) is 36.4 Å². The Kier molecular flexibility index (Phi) is 3.38. The molecule has 0 fully saturated rings. The van der Waals surface area contributed by atoms with E-state index in [-0.39, 0.29) is 18.4 Å². The summed E-state index contributed by atoms with van der Waals surface area (Å²) in [5, 5.41) is 18.9. The van der Waals surface area contributed by atoms with E-state index in [1.54, 1.807) is 6.07 Å². The molecule has 0 amide bonds. The quantitative estimate of drug-likeness (QED) is 0.833. The number of halogens is 1. The first-order valence-electron chi connectivity index (χ1n) is 6.21.